The fourth-order valence-corrected chi connectivity index (χ4v) is 4.53. The fourth-order valence-electron chi connectivity index (χ4n) is 4.53. The highest BCUT2D eigenvalue weighted by atomic mass is 16.6. The van der Waals surface area contributed by atoms with Crippen molar-refractivity contribution < 1.29 is 28.6 Å². The van der Waals surface area contributed by atoms with Gasteiger partial charge in [0.15, 0.2) is 5.60 Å². The number of ether oxygens (including phenoxy) is 3. The van der Waals surface area contributed by atoms with E-state index in [4.69, 9.17) is 14.2 Å². The van der Waals surface area contributed by atoms with Crippen molar-refractivity contribution in [1.29, 1.82) is 0 Å². The zero-order chi connectivity index (χ0) is 25.9. The molecule has 0 atom stereocenters. The largest absolute Gasteiger partial charge is 0.441 e. The van der Waals surface area contributed by atoms with Gasteiger partial charge in [0.05, 0.1) is 5.56 Å². The van der Waals surface area contributed by atoms with Crippen molar-refractivity contribution in [2.24, 2.45) is 0 Å². The lowest BCUT2D eigenvalue weighted by Gasteiger charge is -2.31. The highest BCUT2D eigenvalue weighted by Gasteiger charge is 2.48. The summed E-state index contributed by atoms with van der Waals surface area (Å²) in [5, 5.41) is 0. The maximum Gasteiger partial charge on any atom is 0.340 e. The van der Waals surface area contributed by atoms with Crippen LogP contribution in [0.1, 0.15) is 85.1 Å². The molecule has 0 aliphatic carbocycles. The Balaban J connectivity index is 0.00000380. The van der Waals surface area contributed by atoms with Gasteiger partial charge < -0.3 is 14.2 Å². The van der Waals surface area contributed by atoms with Gasteiger partial charge in [-0.05, 0) is 68.1 Å². The van der Waals surface area contributed by atoms with Crippen molar-refractivity contribution in [2.75, 3.05) is 0 Å². The Morgan fingerprint density at radius 1 is 0.784 bits per heavy atom. The van der Waals surface area contributed by atoms with Crippen molar-refractivity contribution in [2.45, 2.75) is 66.4 Å². The first-order chi connectivity index (χ1) is 17.3. The van der Waals surface area contributed by atoms with E-state index < -0.39 is 11.6 Å². The lowest BCUT2D eigenvalue weighted by molar-refractivity contribution is -0.135. The Morgan fingerprint density at radius 3 is 1.73 bits per heavy atom. The smallest absolute Gasteiger partial charge is 0.340 e. The SMILES string of the molecule is C.CCCC(=O)Oc1ccc(C2(c3ccc(OC(=O)CCC)c(C)c3)OC(=O)c3ccccc32)cc1C. The fraction of sp³-hybridized carbons (Fsp3) is 0.323. The second-order valence-electron chi connectivity index (χ2n) is 9.02. The third-order valence-corrected chi connectivity index (χ3v) is 6.29. The molecule has 0 saturated heterocycles. The van der Waals surface area contributed by atoms with E-state index in [0.29, 0.717) is 42.7 Å². The number of hydrogen-bond donors (Lipinski definition) is 0. The Labute approximate surface area is 218 Å². The van der Waals surface area contributed by atoms with Gasteiger partial charge in [-0.2, -0.15) is 0 Å². The summed E-state index contributed by atoms with van der Waals surface area (Å²) in [7, 11) is 0. The van der Waals surface area contributed by atoms with Crippen LogP contribution >= 0.6 is 0 Å². The van der Waals surface area contributed by atoms with E-state index in [1.54, 1.807) is 24.3 Å². The van der Waals surface area contributed by atoms with Gasteiger partial charge in [-0.25, -0.2) is 4.79 Å². The lowest BCUT2D eigenvalue weighted by atomic mass is 9.79. The molecule has 1 aliphatic rings. The lowest BCUT2D eigenvalue weighted by Crippen LogP contribution is -2.30. The molecule has 4 rings (SSSR count). The first-order valence-corrected chi connectivity index (χ1v) is 12.3. The van der Waals surface area contributed by atoms with Gasteiger partial charge in [-0.15, -0.1) is 0 Å². The van der Waals surface area contributed by atoms with E-state index in [1.807, 2.05) is 64.1 Å². The first kappa shape index (κ1) is 27.7. The van der Waals surface area contributed by atoms with E-state index in [-0.39, 0.29) is 19.4 Å². The van der Waals surface area contributed by atoms with Crippen LogP contribution in [0.3, 0.4) is 0 Å². The maximum atomic E-state index is 13.0. The molecule has 1 heterocycles. The molecule has 0 aromatic heterocycles. The third kappa shape index (κ3) is 5.29. The van der Waals surface area contributed by atoms with E-state index in [1.165, 1.54) is 0 Å². The Hall–Kier alpha value is -3.93. The van der Waals surface area contributed by atoms with Gasteiger partial charge >= 0.3 is 17.9 Å². The number of carbonyl (C=O) groups is 3. The van der Waals surface area contributed by atoms with Gasteiger partial charge in [0, 0.05) is 29.5 Å². The third-order valence-electron chi connectivity index (χ3n) is 6.29. The average Bonchev–Trinajstić information content (AvgIpc) is 3.15. The first-order valence-electron chi connectivity index (χ1n) is 12.3. The Bertz CT molecular complexity index is 1250. The van der Waals surface area contributed by atoms with E-state index >= 15 is 0 Å². The highest BCUT2D eigenvalue weighted by molar-refractivity contribution is 5.96. The number of cyclic esters (lactones) is 1. The zero-order valence-electron chi connectivity index (χ0n) is 21.1. The molecule has 194 valence electrons. The molecule has 37 heavy (non-hydrogen) atoms. The quantitative estimate of drug-likeness (QED) is 0.249. The van der Waals surface area contributed by atoms with Crippen molar-refractivity contribution in [3.63, 3.8) is 0 Å². The topological polar surface area (TPSA) is 78.9 Å². The summed E-state index contributed by atoms with van der Waals surface area (Å²) in [6, 6.07) is 18.2. The predicted molar refractivity (Wildman–Crippen MR) is 142 cm³/mol. The zero-order valence-corrected chi connectivity index (χ0v) is 21.1. The van der Waals surface area contributed by atoms with Crippen LogP contribution in [-0.2, 0) is 19.9 Å². The second-order valence-corrected chi connectivity index (χ2v) is 9.02. The molecule has 0 spiro atoms. The van der Waals surface area contributed by atoms with Crippen LogP contribution in [0.5, 0.6) is 11.5 Å². The van der Waals surface area contributed by atoms with Crippen LogP contribution in [0.2, 0.25) is 0 Å². The van der Waals surface area contributed by atoms with E-state index in [9.17, 15) is 14.4 Å². The van der Waals surface area contributed by atoms with Gasteiger partial charge in [-0.1, -0.05) is 51.6 Å². The number of carbonyl (C=O) groups excluding carboxylic acids is 3. The molecule has 0 bridgehead atoms. The molecule has 0 N–H and O–H groups in total. The van der Waals surface area contributed by atoms with Crippen molar-refractivity contribution in [1.82, 2.24) is 0 Å². The minimum atomic E-state index is -1.21. The molecule has 0 unspecified atom stereocenters. The molecule has 1 aliphatic heterocycles. The summed E-state index contributed by atoms with van der Waals surface area (Å²) < 4.78 is 17.2. The minimum Gasteiger partial charge on any atom is -0.441 e. The molecule has 3 aromatic carbocycles. The van der Waals surface area contributed by atoms with Crippen molar-refractivity contribution in [3.05, 3.63) is 94.0 Å². The predicted octanol–water partition coefficient (Wildman–Crippen LogP) is 6.81. The number of fused-ring (bicyclic) bond motifs is 1. The number of aryl methyl sites for hydroxylation is 2. The summed E-state index contributed by atoms with van der Waals surface area (Å²) in [6.45, 7) is 7.56. The molecule has 0 amide bonds. The van der Waals surface area contributed by atoms with Gasteiger partial charge in [0.2, 0.25) is 0 Å². The minimum absolute atomic E-state index is 0. The monoisotopic (exact) mass is 502 g/mol. The number of hydrogen-bond acceptors (Lipinski definition) is 6. The number of rotatable bonds is 8. The molecule has 0 saturated carbocycles. The van der Waals surface area contributed by atoms with Crippen LogP contribution in [-0.4, -0.2) is 17.9 Å². The molecular formula is C31H34O6. The molecule has 6 heteroatoms. The summed E-state index contributed by atoms with van der Waals surface area (Å²) in [5.41, 5.74) is 2.95. The van der Waals surface area contributed by atoms with Crippen LogP contribution in [0.4, 0.5) is 0 Å². The van der Waals surface area contributed by atoms with Crippen molar-refractivity contribution >= 4 is 17.9 Å². The maximum absolute atomic E-state index is 13.0. The molecular weight excluding hydrogens is 468 g/mol. The van der Waals surface area contributed by atoms with Gasteiger partial charge in [0.1, 0.15) is 11.5 Å². The van der Waals surface area contributed by atoms with Crippen LogP contribution in [0, 0.1) is 13.8 Å². The van der Waals surface area contributed by atoms with Crippen LogP contribution < -0.4 is 9.47 Å². The summed E-state index contributed by atoms with van der Waals surface area (Å²) in [4.78, 5) is 37.1. The Kier molecular flexibility index (Phi) is 8.53. The van der Waals surface area contributed by atoms with Crippen LogP contribution in [0.15, 0.2) is 60.7 Å². The van der Waals surface area contributed by atoms with E-state index in [0.717, 1.165) is 27.8 Å². The number of benzene rings is 3. The van der Waals surface area contributed by atoms with Crippen molar-refractivity contribution in [3.8, 4) is 11.5 Å². The van der Waals surface area contributed by atoms with Gasteiger partial charge in [-0.3, -0.25) is 9.59 Å². The average molecular weight is 503 g/mol. The molecule has 0 fully saturated rings. The normalized spacial score (nSPS) is 13.2. The summed E-state index contributed by atoms with van der Waals surface area (Å²) >= 11 is 0. The number of esters is 3. The molecule has 6 nitrogen and oxygen atoms in total. The Morgan fingerprint density at radius 2 is 1.27 bits per heavy atom. The van der Waals surface area contributed by atoms with Gasteiger partial charge in [0.25, 0.3) is 0 Å². The molecule has 3 aromatic rings. The highest BCUT2D eigenvalue weighted by Crippen LogP contribution is 2.48. The molecule has 0 radical (unpaired) electrons. The summed E-state index contributed by atoms with van der Waals surface area (Å²) in [5.74, 6) is -0.0504. The standard InChI is InChI=1S/C30H30O6.CH4/c1-5-9-27(31)34-25-15-13-21(17-19(25)3)30(24-12-8-7-11-23(24)29(33)36-30)22-14-16-26(20(4)18-22)35-28(32)10-6-2;/h7-8,11-18H,5-6,9-10H2,1-4H3;1H4. The van der Waals surface area contributed by atoms with Crippen LogP contribution in [0.25, 0.3) is 0 Å². The second kappa shape index (κ2) is 11.4. The summed E-state index contributed by atoms with van der Waals surface area (Å²) in [6.07, 6.45) is 2.08. The van der Waals surface area contributed by atoms with E-state index in [2.05, 4.69) is 0 Å².